The number of aliphatic hydroxyl groups excluding tert-OH is 1. The van der Waals surface area contributed by atoms with Crippen LogP contribution in [0.15, 0.2) is 30.9 Å². The Kier molecular flexibility index (Phi) is 8.50. The Labute approximate surface area is 126 Å². The van der Waals surface area contributed by atoms with Gasteiger partial charge in [-0.1, -0.05) is 18.2 Å². The van der Waals surface area contributed by atoms with Gasteiger partial charge in [0.1, 0.15) is 0 Å². The molecule has 0 amide bonds. The average molecular weight is 295 g/mol. The van der Waals surface area contributed by atoms with E-state index in [1.807, 2.05) is 24.3 Å². The zero-order chi connectivity index (χ0) is 15.5. The third-order valence-electron chi connectivity index (χ3n) is 3.08. The fraction of sp³-hybridized carbons (Fsp3) is 0.500. The molecular weight excluding hydrogens is 270 g/mol. The Hall–Kier alpha value is -1.56. The van der Waals surface area contributed by atoms with Gasteiger partial charge in [0.25, 0.3) is 0 Å². The largest absolute Gasteiger partial charge is 0.493 e. The van der Waals surface area contributed by atoms with Gasteiger partial charge in [0.15, 0.2) is 11.5 Å². The van der Waals surface area contributed by atoms with E-state index in [2.05, 4.69) is 11.9 Å². The van der Waals surface area contributed by atoms with Crippen LogP contribution in [0.5, 0.6) is 11.5 Å². The molecule has 0 bridgehead atoms. The standard InChI is InChI=1S/C16H25NO4/c1-4-6-14(17-9-11-21-12-10-18)13-7-5-8-15(19-2)16(13)20-3/h4-5,7-8,14,17-18H,1,6,9-12H2,2-3H3. The summed E-state index contributed by atoms with van der Waals surface area (Å²) in [6.07, 6.45) is 2.63. The first-order valence-electron chi connectivity index (χ1n) is 7.02. The van der Waals surface area contributed by atoms with Gasteiger partial charge in [-0.05, 0) is 12.5 Å². The van der Waals surface area contributed by atoms with Crippen LogP contribution in [-0.2, 0) is 4.74 Å². The first-order chi connectivity index (χ1) is 10.3. The molecule has 0 aromatic heterocycles. The molecule has 0 aliphatic heterocycles. The van der Waals surface area contributed by atoms with Crippen LogP contribution >= 0.6 is 0 Å². The maximum atomic E-state index is 8.67. The van der Waals surface area contributed by atoms with Gasteiger partial charge >= 0.3 is 0 Å². The number of hydrogen-bond donors (Lipinski definition) is 2. The number of rotatable bonds is 11. The van der Waals surface area contributed by atoms with Crippen LogP contribution in [0.25, 0.3) is 0 Å². The van der Waals surface area contributed by atoms with E-state index in [4.69, 9.17) is 19.3 Å². The van der Waals surface area contributed by atoms with Gasteiger partial charge in [-0.15, -0.1) is 6.58 Å². The minimum absolute atomic E-state index is 0.0415. The maximum absolute atomic E-state index is 8.67. The number of para-hydroxylation sites is 1. The maximum Gasteiger partial charge on any atom is 0.165 e. The van der Waals surface area contributed by atoms with E-state index in [0.29, 0.717) is 25.5 Å². The van der Waals surface area contributed by atoms with E-state index in [0.717, 1.165) is 17.7 Å². The van der Waals surface area contributed by atoms with Gasteiger partial charge in [-0.2, -0.15) is 0 Å². The number of nitrogens with one attached hydrogen (secondary N) is 1. The fourth-order valence-electron chi connectivity index (χ4n) is 2.15. The highest BCUT2D eigenvalue weighted by Crippen LogP contribution is 2.35. The number of ether oxygens (including phenoxy) is 3. The van der Waals surface area contributed by atoms with Crippen molar-refractivity contribution in [2.24, 2.45) is 0 Å². The summed E-state index contributed by atoms with van der Waals surface area (Å²) in [6, 6.07) is 5.90. The average Bonchev–Trinajstić information content (AvgIpc) is 2.52. The Morgan fingerprint density at radius 3 is 2.71 bits per heavy atom. The van der Waals surface area contributed by atoms with E-state index in [-0.39, 0.29) is 12.6 Å². The topological polar surface area (TPSA) is 60.0 Å². The molecular formula is C16H25NO4. The molecule has 0 radical (unpaired) electrons. The van der Waals surface area contributed by atoms with E-state index in [1.54, 1.807) is 14.2 Å². The zero-order valence-corrected chi connectivity index (χ0v) is 12.8. The lowest BCUT2D eigenvalue weighted by atomic mass is 10.0. The molecule has 1 unspecified atom stereocenters. The zero-order valence-electron chi connectivity index (χ0n) is 12.8. The molecule has 21 heavy (non-hydrogen) atoms. The third kappa shape index (κ3) is 5.38. The van der Waals surface area contributed by atoms with Crippen molar-refractivity contribution in [3.05, 3.63) is 36.4 Å². The van der Waals surface area contributed by atoms with Crippen molar-refractivity contribution in [3.63, 3.8) is 0 Å². The van der Waals surface area contributed by atoms with Crippen LogP contribution in [0.2, 0.25) is 0 Å². The summed E-state index contributed by atoms with van der Waals surface area (Å²) >= 11 is 0. The Balaban J connectivity index is 2.77. The molecule has 5 heteroatoms. The van der Waals surface area contributed by atoms with Crippen molar-refractivity contribution in [2.75, 3.05) is 40.6 Å². The van der Waals surface area contributed by atoms with Crippen LogP contribution < -0.4 is 14.8 Å². The second-order valence-electron chi connectivity index (χ2n) is 4.45. The highest BCUT2D eigenvalue weighted by Gasteiger charge is 2.17. The predicted octanol–water partition coefficient (Wildman–Crippen LogP) is 1.92. The molecule has 0 aliphatic carbocycles. The van der Waals surface area contributed by atoms with Crippen LogP contribution in [0.4, 0.5) is 0 Å². The molecule has 0 fully saturated rings. The van der Waals surface area contributed by atoms with E-state index in [1.165, 1.54) is 0 Å². The number of methoxy groups -OCH3 is 2. The number of hydrogen-bond acceptors (Lipinski definition) is 5. The molecule has 118 valence electrons. The van der Waals surface area contributed by atoms with Crippen molar-refractivity contribution in [3.8, 4) is 11.5 Å². The van der Waals surface area contributed by atoms with Gasteiger partial charge in [-0.25, -0.2) is 0 Å². The SMILES string of the molecule is C=CCC(NCCOCCO)c1cccc(OC)c1OC. The quantitative estimate of drug-likeness (QED) is 0.482. The normalized spacial score (nSPS) is 12.0. The Morgan fingerprint density at radius 2 is 2.10 bits per heavy atom. The second-order valence-corrected chi connectivity index (χ2v) is 4.45. The Bertz CT molecular complexity index is 423. The molecule has 0 aliphatic rings. The molecule has 2 N–H and O–H groups in total. The molecule has 0 heterocycles. The molecule has 1 rings (SSSR count). The summed E-state index contributed by atoms with van der Waals surface area (Å²) in [4.78, 5) is 0. The van der Waals surface area contributed by atoms with E-state index >= 15 is 0 Å². The lowest BCUT2D eigenvalue weighted by Crippen LogP contribution is -2.26. The van der Waals surface area contributed by atoms with E-state index < -0.39 is 0 Å². The third-order valence-corrected chi connectivity index (χ3v) is 3.08. The van der Waals surface area contributed by atoms with Crippen molar-refractivity contribution in [1.29, 1.82) is 0 Å². The number of aliphatic hydroxyl groups is 1. The summed E-state index contributed by atoms with van der Waals surface area (Å²) in [7, 11) is 3.26. The first-order valence-corrected chi connectivity index (χ1v) is 7.02. The van der Waals surface area contributed by atoms with Gasteiger partial charge in [0.2, 0.25) is 0 Å². The van der Waals surface area contributed by atoms with Crippen molar-refractivity contribution in [2.45, 2.75) is 12.5 Å². The fourth-order valence-corrected chi connectivity index (χ4v) is 2.15. The summed E-state index contributed by atoms with van der Waals surface area (Å²) < 4.78 is 16.1. The first kappa shape index (κ1) is 17.5. The minimum atomic E-state index is 0.0415. The molecule has 0 saturated heterocycles. The molecule has 1 aromatic rings. The lowest BCUT2D eigenvalue weighted by molar-refractivity contribution is 0.0925. The predicted molar refractivity (Wildman–Crippen MR) is 83.0 cm³/mol. The molecule has 0 spiro atoms. The van der Waals surface area contributed by atoms with Crippen molar-refractivity contribution in [1.82, 2.24) is 5.32 Å². The Morgan fingerprint density at radius 1 is 1.29 bits per heavy atom. The second kappa shape index (κ2) is 10.2. The van der Waals surface area contributed by atoms with Crippen LogP contribution in [0.3, 0.4) is 0 Å². The summed E-state index contributed by atoms with van der Waals surface area (Å²) in [5.41, 5.74) is 1.03. The van der Waals surface area contributed by atoms with Crippen LogP contribution in [0, 0.1) is 0 Å². The smallest absolute Gasteiger partial charge is 0.165 e. The van der Waals surface area contributed by atoms with E-state index in [9.17, 15) is 0 Å². The van der Waals surface area contributed by atoms with Crippen molar-refractivity contribution < 1.29 is 19.3 Å². The van der Waals surface area contributed by atoms with Crippen LogP contribution in [0.1, 0.15) is 18.0 Å². The highest BCUT2D eigenvalue weighted by atomic mass is 16.5. The molecule has 1 atom stereocenters. The summed E-state index contributed by atoms with van der Waals surface area (Å²) in [6.45, 7) is 5.43. The monoisotopic (exact) mass is 295 g/mol. The summed E-state index contributed by atoms with van der Waals surface area (Å²) in [5, 5.41) is 12.1. The van der Waals surface area contributed by atoms with Crippen LogP contribution in [-0.4, -0.2) is 45.7 Å². The summed E-state index contributed by atoms with van der Waals surface area (Å²) in [5.74, 6) is 1.44. The molecule has 0 saturated carbocycles. The highest BCUT2D eigenvalue weighted by molar-refractivity contribution is 5.48. The lowest BCUT2D eigenvalue weighted by Gasteiger charge is -2.21. The van der Waals surface area contributed by atoms with Gasteiger partial charge < -0.3 is 24.6 Å². The van der Waals surface area contributed by atoms with Gasteiger partial charge in [0, 0.05) is 18.2 Å². The van der Waals surface area contributed by atoms with Gasteiger partial charge in [0.05, 0.1) is 34.0 Å². The molecule has 5 nitrogen and oxygen atoms in total. The number of benzene rings is 1. The van der Waals surface area contributed by atoms with Gasteiger partial charge in [-0.3, -0.25) is 0 Å². The molecule has 1 aromatic carbocycles. The minimum Gasteiger partial charge on any atom is -0.493 e. The van der Waals surface area contributed by atoms with Crippen molar-refractivity contribution >= 4 is 0 Å².